The van der Waals surface area contributed by atoms with Gasteiger partial charge in [-0.3, -0.25) is 0 Å². The first-order chi connectivity index (χ1) is 8.41. The van der Waals surface area contributed by atoms with Crippen molar-refractivity contribution >= 4 is 6.47 Å². The summed E-state index contributed by atoms with van der Waals surface area (Å²) in [6.07, 6.45) is 16.0. The molecule has 0 aliphatic heterocycles. The molecule has 0 aromatic carbocycles. The molecular formula is C15H29O2Zn-. The van der Waals surface area contributed by atoms with Gasteiger partial charge in [0.25, 0.3) is 0 Å². The van der Waals surface area contributed by atoms with Crippen molar-refractivity contribution < 1.29 is 29.0 Å². The number of ether oxygens (including phenoxy) is 1. The van der Waals surface area contributed by atoms with Gasteiger partial charge in [0, 0.05) is 26.1 Å². The van der Waals surface area contributed by atoms with E-state index in [1.807, 2.05) is 0 Å². The number of rotatable bonds is 14. The predicted octanol–water partition coefficient (Wildman–Crippen LogP) is 4.77. The van der Waals surface area contributed by atoms with E-state index in [-0.39, 0.29) is 19.5 Å². The maximum absolute atomic E-state index is 9.76. The molecule has 0 heterocycles. The van der Waals surface area contributed by atoms with Gasteiger partial charge in [0.05, 0.1) is 0 Å². The molecule has 0 aromatic heterocycles. The van der Waals surface area contributed by atoms with Crippen LogP contribution in [0.1, 0.15) is 84.0 Å². The minimum atomic E-state index is 0. The molecule has 3 heteroatoms. The Hall–Kier alpha value is 0.0934. The van der Waals surface area contributed by atoms with Crippen molar-refractivity contribution in [3.8, 4) is 0 Å². The summed E-state index contributed by atoms with van der Waals surface area (Å²) >= 11 is 0. The average Bonchev–Trinajstić information content (AvgIpc) is 2.35. The molecule has 0 N–H and O–H groups in total. The molecule has 0 radical (unpaired) electrons. The molecule has 0 aromatic rings. The van der Waals surface area contributed by atoms with E-state index in [2.05, 4.69) is 11.7 Å². The van der Waals surface area contributed by atoms with E-state index in [0.29, 0.717) is 6.61 Å². The molecule has 0 unspecified atom stereocenters. The maximum Gasteiger partial charge on any atom is 0.0480 e. The van der Waals surface area contributed by atoms with E-state index in [0.717, 1.165) is 6.42 Å². The standard InChI is InChI=1S/C15H29O2.Zn/c1-2-3-4-5-6-7-8-9-10-11-12-13-14-17-15-16;/h2-14H2,1H3;/q-1;. The molecule has 0 spiro atoms. The molecule has 0 bridgehead atoms. The predicted molar refractivity (Wildman–Crippen MR) is 72.7 cm³/mol. The summed E-state index contributed by atoms with van der Waals surface area (Å²) in [7, 11) is 0. The fourth-order valence-corrected chi connectivity index (χ4v) is 2.06. The van der Waals surface area contributed by atoms with Crippen LogP contribution < -0.4 is 0 Å². The van der Waals surface area contributed by atoms with Gasteiger partial charge < -0.3 is 9.53 Å². The second-order valence-corrected chi connectivity index (χ2v) is 4.82. The Bertz CT molecular complexity index is 151. The third-order valence-corrected chi connectivity index (χ3v) is 3.16. The molecule has 0 aliphatic carbocycles. The van der Waals surface area contributed by atoms with Crippen molar-refractivity contribution in [1.29, 1.82) is 0 Å². The summed E-state index contributed by atoms with van der Waals surface area (Å²) < 4.78 is 4.52. The summed E-state index contributed by atoms with van der Waals surface area (Å²) in [5, 5.41) is 0. The first-order valence-corrected chi connectivity index (χ1v) is 7.40. The summed E-state index contributed by atoms with van der Waals surface area (Å²) in [5.74, 6) is 0. The number of hydrogen-bond donors (Lipinski definition) is 0. The average molecular weight is 307 g/mol. The van der Waals surface area contributed by atoms with Gasteiger partial charge in [0.1, 0.15) is 0 Å². The van der Waals surface area contributed by atoms with E-state index in [4.69, 9.17) is 0 Å². The van der Waals surface area contributed by atoms with Crippen LogP contribution in [0.15, 0.2) is 0 Å². The fraction of sp³-hybridized carbons (Fsp3) is 0.933. The third-order valence-electron chi connectivity index (χ3n) is 3.16. The molecule has 0 rings (SSSR count). The van der Waals surface area contributed by atoms with E-state index in [1.165, 1.54) is 77.1 Å². The van der Waals surface area contributed by atoms with Crippen LogP contribution in [0.25, 0.3) is 0 Å². The molecule has 2 nitrogen and oxygen atoms in total. The van der Waals surface area contributed by atoms with Crippen molar-refractivity contribution in [2.24, 2.45) is 0 Å². The second-order valence-electron chi connectivity index (χ2n) is 4.82. The topological polar surface area (TPSA) is 26.3 Å². The van der Waals surface area contributed by atoms with Crippen LogP contribution in [0.4, 0.5) is 0 Å². The molecule has 0 saturated heterocycles. The molecule has 0 amide bonds. The zero-order valence-corrected chi connectivity index (χ0v) is 15.2. The van der Waals surface area contributed by atoms with Gasteiger partial charge >= 0.3 is 0 Å². The van der Waals surface area contributed by atoms with Gasteiger partial charge in [-0.2, -0.15) is 0 Å². The van der Waals surface area contributed by atoms with Crippen LogP contribution in [-0.2, 0) is 29.0 Å². The van der Waals surface area contributed by atoms with Gasteiger partial charge in [-0.1, -0.05) is 84.0 Å². The van der Waals surface area contributed by atoms with Crippen molar-refractivity contribution in [3.05, 3.63) is 0 Å². The largest absolute Gasteiger partial charge is 0.653 e. The summed E-state index contributed by atoms with van der Waals surface area (Å²) in [5.41, 5.74) is 0. The fourth-order valence-electron chi connectivity index (χ4n) is 2.06. The van der Waals surface area contributed by atoms with Gasteiger partial charge in [0.15, 0.2) is 0 Å². The zero-order valence-electron chi connectivity index (χ0n) is 12.2. The Kier molecular flexibility index (Phi) is 22.0. The molecule has 104 valence electrons. The Balaban J connectivity index is 0. The van der Waals surface area contributed by atoms with Crippen molar-refractivity contribution in [1.82, 2.24) is 0 Å². The molecule has 0 fully saturated rings. The quantitative estimate of drug-likeness (QED) is 0.262. The first-order valence-electron chi connectivity index (χ1n) is 7.40. The Morgan fingerprint density at radius 2 is 1.11 bits per heavy atom. The molecular weight excluding hydrogens is 278 g/mol. The van der Waals surface area contributed by atoms with Crippen molar-refractivity contribution in [3.63, 3.8) is 0 Å². The molecule has 18 heavy (non-hydrogen) atoms. The molecule has 0 saturated carbocycles. The minimum Gasteiger partial charge on any atom is -0.653 e. The van der Waals surface area contributed by atoms with Crippen LogP contribution in [-0.4, -0.2) is 13.1 Å². The van der Waals surface area contributed by atoms with Gasteiger partial charge in [-0.15, -0.1) is 0 Å². The van der Waals surface area contributed by atoms with Crippen LogP contribution in [0.3, 0.4) is 0 Å². The maximum atomic E-state index is 9.76. The normalized spacial score (nSPS) is 9.83. The van der Waals surface area contributed by atoms with Crippen LogP contribution in [0.2, 0.25) is 0 Å². The molecule has 0 atom stereocenters. The van der Waals surface area contributed by atoms with E-state index in [1.54, 1.807) is 0 Å². The molecule has 0 aliphatic rings. The van der Waals surface area contributed by atoms with Crippen LogP contribution >= 0.6 is 0 Å². The van der Waals surface area contributed by atoms with E-state index >= 15 is 0 Å². The summed E-state index contributed by atoms with van der Waals surface area (Å²) in [4.78, 5) is 9.76. The smallest absolute Gasteiger partial charge is 0.0480 e. The van der Waals surface area contributed by atoms with Gasteiger partial charge in [-0.25, -0.2) is 0 Å². The minimum absolute atomic E-state index is 0. The van der Waals surface area contributed by atoms with Crippen LogP contribution in [0, 0.1) is 0 Å². The van der Waals surface area contributed by atoms with Crippen molar-refractivity contribution in [2.75, 3.05) is 6.61 Å². The Morgan fingerprint density at radius 3 is 1.50 bits per heavy atom. The van der Waals surface area contributed by atoms with E-state index in [9.17, 15) is 4.79 Å². The number of carbonyl (C=O) groups excluding carboxylic acids is 1. The van der Waals surface area contributed by atoms with Gasteiger partial charge in [-0.05, 0) is 6.42 Å². The third kappa shape index (κ3) is 18.5. The van der Waals surface area contributed by atoms with Gasteiger partial charge in [0.2, 0.25) is 0 Å². The zero-order chi connectivity index (χ0) is 12.6. The van der Waals surface area contributed by atoms with E-state index < -0.39 is 0 Å². The van der Waals surface area contributed by atoms with Crippen LogP contribution in [0.5, 0.6) is 0 Å². The number of unbranched alkanes of at least 4 members (excludes halogenated alkanes) is 11. The monoisotopic (exact) mass is 305 g/mol. The SMILES string of the molecule is CCCCCCCCCCCCCCO[C-]=O.[Zn]. The number of hydrogen-bond acceptors (Lipinski definition) is 2. The Labute approximate surface area is 126 Å². The van der Waals surface area contributed by atoms with Crippen molar-refractivity contribution in [2.45, 2.75) is 84.0 Å². The first kappa shape index (κ1) is 20.4. The Morgan fingerprint density at radius 1 is 0.722 bits per heavy atom. The second kappa shape index (κ2) is 19.4. The summed E-state index contributed by atoms with van der Waals surface area (Å²) in [6.45, 7) is 4.26. The summed E-state index contributed by atoms with van der Waals surface area (Å²) in [6, 6.07) is 0.